The second-order valence-corrected chi connectivity index (χ2v) is 7.72. The Morgan fingerprint density at radius 2 is 2.08 bits per heavy atom. The molecule has 0 saturated carbocycles. The predicted molar refractivity (Wildman–Crippen MR) is 124 cm³/mol. The number of hydrogen-bond acceptors (Lipinski definition) is 3. The van der Waals surface area contributed by atoms with E-state index in [1.54, 1.807) is 0 Å². The van der Waals surface area contributed by atoms with E-state index in [4.69, 9.17) is 5.73 Å². The molecular weight excluding hydrogens is 455 g/mol. The first-order valence-corrected chi connectivity index (χ1v) is 9.95. The molecule has 2 aromatic rings. The van der Waals surface area contributed by atoms with Gasteiger partial charge in [0.05, 0.1) is 0 Å². The van der Waals surface area contributed by atoms with Crippen LogP contribution in [0.4, 0.5) is 5.69 Å². The molecule has 0 aliphatic carbocycles. The van der Waals surface area contributed by atoms with E-state index in [1.165, 1.54) is 23.3 Å². The number of thiophene rings is 1. The van der Waals surface area contributed by atoms with E-state index in [9.17, 15) is 0 Å². The average molecular weight is 484 g/mol. The Bertz CT molecular complexity index is 684. The highest BCUT2D eigenvalue weighted by Crippen LogP contribution is 2.37. The van der Waals surface area contributed by atoms with E-state index in [-0.39, 0.29) is 24.0 Å². The highest BCUT2D eigenvalue weighted by Gasteiger charge is 2.30. The van der Waals surface area contributed by atoms with Crippen molar-refractivity contribution in [3.8, 4) is 0 Å². The second kappa shape index (κ2) is 10.3. The van der Waals surface area contributed by atoms with Crippen LogP contribution < -0.4 is 11.1 Å². The van der Waals surface area contributed by atoms with Gasteiger partial charge in [0.25, 0.3) is 0 Å². The van der Waals surface area contributed by atoms with E-state index in [0.717, 1.165) is 25.2 Å². The van der Waals surface area contributed by atoms with E-state index in [2.05, 4.69) is 71.0 Å². The first-order chi connectivity index (χ1) is 12.2. The van der Waals surface area contributed by atoms with Crippen LogP contribution in [0.5, 0.6) is 0 Å². The number of halogens is 1. The third kappa shape index (κ3) is 5.44. The molecule has 6 heteroatoms. The monoisotopic (exact) mass is 484 g/mol. The summed E-state index contributed by atoms with van der Waals surface area (Å²) in [6.07, 6.45) is 3.47. The van der Waals surface area contributed by atoms with Crippen molar-refractivity contribution in [1.29, 1.82) is 0 Å². The van der Waals surface area contributed by atoms with E-state index in [0.29, 0.717) is 17.9 Å². The van der Waals surface area contributed by atoms with Gasteiger partial charge in [-0.05, 0) is 67.9 Å². The molecule has 1 aliphatic heterocycles. The minimum atomic E-state index is 0. The third-order valence-electron chi connectivity index (χ3n) is 4.97. The minimum absolute atomic E-state index is 0. The van der Waals surface area contributed by atoms with Crippen LogP contribution in [0.15, 0.2) is 46.8 Å². The van der Waals surface area contributed by atoms with E-state index < -0.39 is 0 Å². The molecule has 26 heavy (non-hydrogen) atoms. The summed E-state index contributed by atoms with van der Waals surface area (Å²) >= 11 is 1.84. The van der Waals surface area contributed by atoms with Gasteiger partial charge >= 0.3 is 0 Å². The molecule has 3 N–H and O–H groups in total. The Hall–Kier alpha value is -1.12. The number of aryl methyl sites for hydroxylation is 1. The number of hydrogen-bond donors (Lipinski definition) is 2. The quantitative estimate of drug-likeness (QED) is 0.366. The van der Waals surface area contributed by atoms with Crippen molar-refractivity contribution in [2.75, 3.05) is 25.5 Å². The molecule has 0 spiro atoms. The van der Waals surface area contributed by atoms with Crippen LogP contribution in [0.3, 0.4) is 0 Å². The van der Waals surface area contributed by atoms with Gasteiger partial charge in [-0.1, -0.05) is 25.1 Å². The maximum atomic E-state index is 6.12. The number of likely N-dealkylation sites (tertiary alicyclic amines) is 1. The lowest BCUT2D eigenvalue weighted by Gasteiger charge is -2.38. The summed E-state index contributed by atoms with van der Waals surface area (Å²) in [5, 5.41) is 5.37. The average Bonchev–Trinajstić information content (AvgIpc) is 3.15. The van der Waals surface area contributed by atoms with Crippen molar-refractivity contribution in [3.05, 3.63) is 52.2 Å². The second-order valence-electron chi connectivity index (χ2n) is 6.74. The number of nitrogens with one attached hydrogen (secondary N) is 1. The molecular formula is C20H29IN4S. The number of nitrogens with two attached hydrogens (primary N) is 1. The summed E-state index contributed by atoms with van der Waals surface area (Å²) in [6.45, 7) is 4.07. The van der Waals surface area contributed by atoms with Gasteiger partial charge in [-0.15, -0.1) is 35.3 Å². The molecule has 0 amide bonds. The zero-order chi connectivity index (χ0) is 17.6. The van der Waals surface area contributed by atoms with Crippen molar-refractivity contribution >= 4 is 47.0 Å². The Labute approximate surface area is 177 Å². The first-order valence-electron chi connectivity index (χ1n) is 9.07. The zero-order valence-electron chi connectivity index (χ0n) is 15.5. The first kappa shape index (κ1) is 21.2. The topological polar surface area (TPSA) is 53.6 Å². The van der Waals surface area contributed by atoms with Crippen molar-refractivity contribution in [3.63, 3.8) is 0 Å². The summed E-state index contributed by atoms with van der Waals surface area (Å²) in [5.41, 5.74) is 8.44. The molecule has 0 bridgehead atoms. The fourth-order valence-corrected chi connectivity index (χ4v) is 4.57. The zero-order valence-corrected chi connectivity index (χ0v) is 18.7. The number of guanidine groups is 1. The molecule has 1 saturated heterocycles. The van der Waals surface area contributed by atoms with Gasteiger partial charge in [0.1, 0.15) is 0 Å². The summed E-state index contributed by atoms with van der Waals surface area (Å²) in [5.74, 6) is 1.02. The van der Waals surface area contributed by atoms with Gasteiger partial charge in [0.2, 0.25) is 0 Å². The van der Waals surface area contributed by atoms with Gasteiger partial charge in [-0.25, -0.2) is 0 Å². The van der Waals surface area contributed by atoms with E-state index >= 15 is 0 Å². The number of piperidine rings is 1. The SMILES string of the molecule is CCc1ccc(NC(N)=NCC2CCCN(C)C2c2cccs2)cc1.I. The van der Waals surface area contributed by atoms with Gasteiger partial charge < -0.3 is 11.1 Å². The van der Waals surface area contributed by atoms with Gasteiger partial charge in [0.15, 0.2) is 5.96 Å². The molecule has 1 aromatic heterocycles. The summed E-state index contributed by atoms with van der Waals surface area (Å²) in [6, 6.07) is 13.2. The smallest absolute Gasteiger partial charge is 0.193 e. The molecule has 1 fully saturated rings. The molecule has 1 aliphatic rings. The summed E-state index contributed by atoms with van der Waals surface area (Å²) in [7, 11) is 2.22. The molecule has 142 valence electrons. The highest BCUT2D eigenvalue weighted by molar-refractivity contribution is 14.0. The number of benzene rings is 1. The maximum absolute atomic E-state index is 6.12. The van der Waals surface area contributed by atoms with Crippen LogP contribution in [0, 0.1) is 5.92 Å². The number of rotatable bonds is 5. The molecule has 0 radical (unpaired) electrons. The number of aliphatic imine (C=N–C) groups is 1. The lowest BCUT2D eigenvalue weighted by Crippen LogP contribution is -2.37. The molecule has 2 unspecified atom stereocenters. The van der Waals surface area contributed by atoms with Gasteiger partial charge in [-0.2, -0.15) is 0 Å². The fraction of sp³-hybridized carbons (Fsp3) is 0.450. The fourth-order valence-electron chi connectivity index (χ4n) is 3.59. The van der Waals surface area contributed by atoms with Crippen LogP contribution in [0.1, 0.15) is 36.2 Å². The number of anilines is 1. The lowest BCUT2D eigenvalue weighted by atomic mass is 9.88. The van der Waals surface area contributed by atoms with Gasteiger partial charge in [0, 0.05) is 23.2 Å². The third-order valence-corrected chi connectivity index (χ3v) is 5.92. The minimum Gasteiger partial charge on any atom is -0.370 e. The summed E-state index contributed by atoms with van der Waals surface area (Å²) in [4.78, 5) is 8.54. The van der Waals surface area contributed by atoms with Crippen molar-refractivity contribution < 1.29 is 0 Å². The highest BCUT2D eigenvalue weighted by atomic mass is 127. The van der Waals surface area contributed by atoms with Crippen LogP contribution in [-0.4, -0.2) is 31.0 Å². The standard InChI is InChI=1S/C20H28N4S.HI/c1-3-15-8-10-17(11-9-15)23-20(21)22-14-16-6-4-12-24(2)19(16)18-7-5-13-25-18;/h5,7-11,13,16,19H,3-4,6,12,14H2,1-2H3,(H3,21,22,23);1H. The molecule has 2 atom stereocenters. The van der Waals surface area contributed by atoms with Crippen LogP contribution in [0.2, 0.25) is 0 Å². The molecule has 2 heterocycles. The Morgan fingerprint density at radius 1 is 1.31 bits per heavy atom. The Kier molecular flexibility index (Phi) is 8.37. The largest absolute Gasteiger partial charge is 0.370 e. The molecule has 3 rings (SSSR count). The Morgan fingerprint density at radius 3 is 2.73 bits per heavy atom. The normalized spacial score (nSPS) is 21.2. The summed E-state index contributed by atoms with van der Waals surface area (Å²) < 4.78 is 0. The molecule has 4 nitrogen and oxygen atoms in total. The number of nitrogens with zero attached hydrogens (tertiary/aromatic N) is 2. The predicted octanol–water partition coefficient (Wildman–Crippen LogP) is 4.74. The molecule has 1 aromatic carbocycles. The van der Waals surface area contributed by atoms with Gasteiger partial charge in [-0.3, -0.25) is 9.89 Å². The van der Waals surface area contributed by atoms with Crippen LogP contribution in [-0.2, 0) is 6.42 Å². The van der Waals surface area contributed by atoms with Crippen molar-refractivity contribution in [1.82, 2.24) is 4.90 Å². The van der Waals surface area contributed by atoms with Crippen molar-refractivity contribution in [2.45, 2.75) is 32.2 Å². The lowest BCUT2D eigenvalue weighted by molar-refractivity contribution is 0.128. The van der Waals surface area contributed by atoms with Crippen LogP contribution in [0.25, 0.3) is 0 Å². The van der Waals surface area contributed by atoms with Crippen molar-refractivity contribution in [2.24, 2.45) is 16.6 Å². The Balaban J connectivity index is 0.00000243. The van der Waals surface area contributed by atoms with E-state index in [1.807, 2.05) is 11.3 Å². The van der Waals surface area contributed by atoms with Crippen LogP contribution >= 0.6 is 35.3 Å². The maximum Gasteiger partial charge on any atom is 0.193 e.